The molecule has 114 valence electrons. The molecule has 0 atom stereocenters. The van der Waals surface area contributed by atoms with Crippen LogP contribution in [0.2, 0.25) is 0 Å². The molecule has 0 aromatic carbocycles. The molecule has 2 heterocycles. The Bertz CT molecular complexity index is 466. The highest BCUT2D eigenvalue weighted by atomic mass is 16.4. The fraction of sp³-hybridized carbons (Fsp3) is 0.357. The van der Waals surface area contributed by atoms with E-state index in [1.165, 1.54) is 5.69 Å². The number of likely N-dealkylation sites (N-methyl/N-ethyl adjacent to an activating group) is 1. The zero-order valence-electron chi connectivity index (χ0n) is 11.8. The van der Waals surface area contributed by atoms with E-state index in [2.05, 4.69) is 27.9 Å². The Hall–Kier alpha value is -2.41. The minimum Gasteiger partial charge on any atom is -0.478 e. The van der Waals surface area contributed by atoms with Crippen LogP contribution in [0, 0.1) is 0 Å². The first kappa shape index (κ1) is 16.6. The van der Waals surface area contributed by atoms with Gasteiger partial charge in [-0.3, -0.25) is 4.98 Å². The summed E-state index contributed by atoms with van der Waals surface area (Å²) in [6, 6.07) is 4.12. The number of aliphatic carboxylic acids is 2. The quantitative estimate of drug-likeness (QED) is 0.786. The van der Waals surface area contributed by atoms with Gasteiger partial charge in [0.1, 0.15) is 0 Å². The van der Waals surface area contributed by atoms with E-state index in [4.69, 9.17) is 10.2 Å². The minimum atomic E-state index is -1.26. The average Bonchev–Trinajstić information content (AvgIpc) is 2.47. The standard InChI is InChI=1S/C10H15N3.C4H4O4/c1-12-5-7-13(8-6-12)10-3-2-4-11-9-10;5-3(6)1-2-4(7)8/h2-4,9H,5-8H2,1H3;1-2H,(H,5,6)(H,7,8)/b;2-1+. The van der Waals surface area contributed by atoms with Crippen molar-refractivity contribution < 1.29 is 19.8 Å². The maximum Gasteiger partial charge on any atom is 0.328 e. The van der Waals surface area contributed by atoms with E-state index in [1.54, 1.807) is 0 Å². The van der Waals surface area contributed by atoms with Gasteiger partial charge >= 0.3 is 11.9 Å². The summed E-state index contributed by atoms with van der Waals surface area (Å²) in [7, 11) is 2.17. The third-order valence-corrected chi connectivity index (χ3v) is 2.88. The number of pyridine rings is 1. The molecule has 0 aliphatic carbocycles. The summed E-state index contributed by atoms with van der Waals surface area (Å²) < 4.78 is 0. The van der Waals surface area contributed by atoms with Gasteiger partial charge in [-0.05, 0) is 19.2 Å². The molecule has 0 amide bonds. The zero-order valence-corrected chi connectivity index (χ0v) is 11.8. The number of hydrogen-bond acceptors (Lipinski definition) is 5. The number of carboxylic acids is 2. The molecule has 0 saturated carbocycles. The van der Waals surface area contributed by atoms with Crippen molar-refractivity contribution >= 4 is 17.6 Å². The van der Waals surface area contributed by atoms with Crippen LogP contribution in [0.3, 0.4) is 0 Å². The van der Waals surface area contributed by atoms with E-state index in [1.807, 2.05) is 18.5 Å². The van der Waals surface area contributed by atoms with Crippen molar-refractivity contribution in [3.8, 4) is 0 Å². The molecule has 2 rings (SSSR count). The summed E-state index contributed by atoms with van der Waals surface area (Å²) >= 11 is 0. The van der Waals surface area contributed by atoms with Crippen LogP contribution in [0.15, 0.2) is 36.7 Å². The molecule has 7 nitrogen and oxygen atoms in total. The first-order chi connectivity index (χ1) is 9.99. The van der Waals surface area contributed by atoms with Gasteiger partial charge in [0.25, 0.3) is 0 Å². The third kappa shape index (κ3) is 7.07. The summed E-state index contributed by atoms with van der Waals surface area (Å²) in [4.78, 5) is 28.0. The van der Waals surface area contributed by atoms with Crippen molar-refractivity contribution in [3.63, 3.8) is 0 Å². The summed E-state index contributed by atoms with van der Waals surface area (Å²) in [6.07, 6.45) is 4.87. The summed E-state index contributed by atoms with van der Waals surface area (Å²) in [6.45, 7) is 4.52. The number of hydrogen-bond donors (Lipinski definition) is 2. The molecule has 1 aliphatic rings. The summed E-state index contributed by atoms with van der Waals surface area (Å²) in [5.74, 6) is -2.51. The Morgan fingerprint density at radius 3 is 2.14 bits per heavy atom. The fourth-order valence-electron chi connectivity index (χ4n) is 1.75. The third-order valence-electron chi connectivity index (χ3n) is 2.88. The molecule has 0 spiro atoms. The van der Waals surface area contributed by atoms with Gasteiger partial charge in [0.2, 0.25) is 0 Å². The van der Waals surface area contributed by atoms with Crippen LogP contribution in [-0.4, -0.2) is 65.3 Å². The van der Waals surface area contributed by atoms with Gasteiger partial charge in [0.15, 0.2) is 0 Å². The molecule has 21 heavy (non-hydrogen) atoms. The molecule has 2 N–H and O–H groups in total. The van der Waals surface area contributed by atoms with Crippen molar-refractivity contribution in [2.24, 2.45) is 0 Å². The zero-order chi connectivity index (χ0) is 15.7. The van der Waals surface area contributed by atoms with E-state index < -0.39 is 11.9 Å². The number of carboxylic acid groups (broad SMARTS) is 2. The van der Waals surface area contributed by atoms with Crippen molar-refractivity contribution in [1.82, 2.24) is 9.88 Å². The molecule has 7 heteroatoms. The highest BCUT2D eigenvalue weighted by Gasteiger charge is 2.13. The maximum absolute atomic E-state index is 9.55. The van der Waals surface area contributed by atoms with Gasteiger partial charge < -0.3 is 20.0 Å². The number of aromatic nitrogens is 1. The van der Waals surface area contributed by atoms with Crippen molar-refractivity contribution in [3.05, 3.63) is 36.7 Å². The maximum atomic E-state index is 9.55. The second kappa shape index (κ2) is 8.70. The van der Waals surface area contributed by atoms with Crippen molar-refractivity contribution in [1.29, 1.82) is 0 Å². The van der Waals surface area contributed by atoms with Gasteiger partial charge in [-0.2, -0.15) is 0 Å². The van der Waals surface area contributed by atoms with Gasteiger partial charge in [-0.25, -0.2) is 9.59 Å². The molecule has 1 saturated heterocycles. The monoisotopic (exact) mass is 293 g/mol. The van der Waals surface area contributed by atoms with Crippen LogP contribution in [0.5, 0.6) is 0 Å². The van der Waals surface area contributed by atoms with Gasteiger partial charge in [0, 0.05) is 44.5 Å². The molecular weight excluding hydrogens is 274 g/mol. The smallest absolute Gasteiger partial charge is 0.328 e. The van der Waals surface area contributed by atoms with E-state index in [0.717, 1.165) is 26.2 Å². The first-order valence-electron chi connectivity index (χ1n) is 6.46. The number of piperazine rings is 1. The molecule has 0 bridgehead atoms. The topological polar surface area (TPSA) is 94.0 Å². The lowest BCUT2D eigenvalue weighted by Gasteiger charge is -2.33. The number of carbonyl (C=O) groups is 2. The largest absolute Gasteiger partial charge is 0.478 e. The van der Waals surface area contributed by atoms with E-state index in [9.17, 15) is 9.59 Å². The fourth-order valence-corrected chi connectivity index (χ4v) is 1.75. The Kier molecular flexibility index (Phi) is 6.90. The Labute approximate surface area is 123 Å². The Morgan fingerprint density at radius 2 is 1.71 bits per heavy atom. The molecule has 1 aromatic rings. The average molecular weight is 293 g/mol. The SMILES string of the molecule is CN1CCN(c2cccnc2)CC1.O=C(O)/C=C/C(=O)O. The molecular formula is C14H19N3O4. The molecule has 0 unspecified atom stereocenters. The molecule has 1 aromatic heterocycles. The van der Waals surface area contributed by atoms with Gasteiger partial charge in [0.05, 0.1) is 11.9 Å². The Balaban J connectivity index is 0.000000240. The highest BCUT2D eigenvalue weighted by molar-refractivity contribution is 5.89. The second-order valence-corrected chi connectivity index (χ2v) is 4.51. The van der Waals surface area contributed by atoms with E-state index in [-0.39, 0.29) is 0 Å². The summed E-state index contributed by atoms with van der Waals surface area (Å²) in [5, 5.41) is 15.6. The number of rotatable bonds is 3. The van der Waals surface area contributed by atoms with Gasteiger partial charge in [-0.1, -0.05) is 0 Å². The van der Waals surface area contributed by atoms with Crippen molar-refractivity contribution in [2.45, 2.75) is 0 Å². The molecule has 1 aliphatic heterocycles. The van der Waals surface area contributed by atoms with E-state index >= 15 is 0 Å². The first-order valence-corrected chi connectivity index (χ1v) is 6.46. The summed E-state index contributed by atoms with van der Waals surface area (Å²) in [5.41, 5.74) is 1.25. The second-order valence-electron chi connectivity index (χ2n) is 4.51. The molecule has 1 fully saturated rings. The van der Waals surface area contributed by atoms with Crippen LogP contribution in [0.25, 0.3) is 0 Å². The van der Waals surface area contributed by atoms with E-state index in [0.29, 0.717) is 12.2 Å². The molecule has 0 radical (unpaired) electrons. The van der Waals surface area contributed by atoms with Crippen molar-refractivity contribution in [2.75, 3.05) is 38.1 Å². The van der Waals surface area contributed by atoms with Crippen LogP contribution >= 0.6 is 0 Å². The van der Waals surface area contributed by atoms with Crippen LogP contribution in [-0.2, 0) is 9.59 Å². The lowest BCUT2D eigenvalue weighted by Crippen LogP contribution is -2.44. The normalized spacial score (nSPS) is 15.4. The number of anilines is 1. The van der Waals surface area contributed by atoms with Crippen LogP contribution in [0.4, 0.5) is 5.69 Å². The lowest BCUT2D eigenvalue weighted by molar-refractivity contribution is -0.134. The Morgan fingerprint density at radius 1 is 1.14 bits per heavy atom. The van der Waals surface area contributed by atoms with Crippen LogP contribution < -0.4 is 4.90 Å². The van der Waals surface area contributed by atoms with Gasteiger partial charge in [-0.15, -0.1) is 0 Å². The lowest BCUT2D eigenvalue weighted by atomic mass is 10.3. The highest BCUT2D eigenvalue weighted by Crippen LogP contribution is 2.13. The van der Waals surface area contributed by atoms with Crippen LogP contribution in [0.1, 0.15) is 0 Å². The predicted molar refractivity (Wildman–Crippen MR) is 78.4 cm³/mol. The minimum absolute atomic E-state index is 0.558. The number of nitrogens with zero attached hydrogens (tertiary/aromatic N) is 3. The predicted octanol–water partition coefficient (Wildman–Crippen LogP) is 0.545.